The third kappa shape index (κ3) is 3.77. The molecule has 4 nitrogen and oxygen atoms in total. The largest absolute Gasteiger partial charge is 0.853 e. The molecule has 24 heavy (non-hydrogen) atoms. The molecular formula is C17H20F3N3O. The third-order valence-corrected chi connectivity index (χ3v) is 3.67. The number of hydrogen-bond acceptors (Lipinski definition) is 2. The van der Waals surface area contributed by atoms with Crippen LogP contribution in [0, 0.1) is 0 Å². The Bertz CT molecular complexity index is 720. The fourth-order valence-electron chi connectivity index (χ4n) is 2.51. The van der Waals surface area contributed by atoms with Crippen molar-refractivity contribution in [3.05, 3.63) is 48.0 Å². The minimum absolute atomic E-state index is 0.239. The molecule has 1 heterocycles. The number of para-hydroxylation sites is 1. The van der Waals surface area contributed by atoms with Crippen molar-refractivity contribution in [1.29, 1.82) is 0 Å². The molecule has 1 aromatic carbocycles. The van der Waals surface area contributed by atoms with Crippen LogP contribution in [0.4, 0.5) is 13.2 Å². The average molecular weight is 339 g/mol. The molecule has 0 spiro atoms. The molecule has 2 aromatic rings. The highest BCUT2D eigenvalue weighted by molar-refractivity contribution is 5.77. The maximum Gasteiger partial charge on any atom is 0.423 e. The average Bonchev–Trinajstić information content (AvgIpc) is 2.93. The van der Waals surface area contributed by atoms with Gasteiger partial charge in [0.15, 0.2) is 6.20 Å². The molecule has 0 saturated heterocycles. The molecule has 1 aromatic heterocycles. The number of hydrogen-bond donors (Lipinski definition) is 0. The summed E-state index contributed by atoms with van der Waals surface area (Å²) >= 11 is 0. The fraction of sp³-hybridized carbons (Fsp3) is 0.412. The highest BCUT2D eigenvalue weighted by atomic mass is 19.4. The minimum Gasteiger partial charge on any atom is -0.853 e. The molecule has 2 rings (SSSR count). The van der Waals surface area contributed by atoms with Gasteiger partial charge in [-0.3, -0.25) is 0 Å². The highest BCUT2D eigenvalue weighted by Gasteiger charge is 2.29. The lowest BCUT2D eigenvalue weighted by molar-refractivity contribution is -0.596. The van der Waals surface area contributed by atoms with Gasteiger partial charge in [-0.1, -0.05) is 51.0 Å². The number of rotatable bonds is 4. The number of benzene rings is 1. The van der Waals surface area contributed by atoms with Crippen LogP contribution >= 0.6 is 0 Å². The second-order valence-corrected chi connectivity index (χ2v) is 6.20. The normalized spacial score (nSPS) is 13.1. The first-order valence-corrected chi connectivity index (χ1v) is 7.67. The number of halogens is 3. The van der Waals surface area contributed by atoms with Crippen molar-refractivity contribution >= 4 is 5.90 Å². The molecule has 0 unspecified atom stereocenters. The first kappa shape index (κ1) is 18.0. The van der Waals surface area contributed by atoms with Crippen LogP contribution < -0.4 is 9.67 Å². The summed E-state index contributed by atoms with van der Waals surface area (Å²) in [6.07, 6.45) is -0.685. The lowest BCUT2D eigenvalue weighted by Gasteiger charge is -2.16. The topological polar surface area (TPSA) is 44.2 Å². The van der Waals surface area contributed by atoms with E-state index in [4.69, 9.17) is 0 Å². The Morgan fingerprint density at radius 2 is 1.67 bits per heavy atom. The lowest BCUT2D eigenvalue weighted by Crippen LogP contribution is -2.36. The Labute approximate surface area is 138 Å². The molecule has 0 fully saturated rings. The molecule has 0 N–H and O–H groups in total. The Balaban J connectivity index is 2.54. The van der Waals surface area contributed by atoms with Crippen molar-refractivity contribution < 1.29 is 22.8 Å². The predicted molar refractivity (Wildman–Crippen MR) is 83.0 cm³/mol. The number of alkyl halides is 3. The standard InChI is InChI=1S/C17H20F3N3O/c1-11(2)13-6-5-7-14(12(3)4)15(13)22-8-9-23(10-22)21-16(24)17(18,19)20/h5-12H,1-4H3. The Morgan fingerprint density at radius 3 is 2.12 bits per heavy atom. The molecule has 0 saturated carbocycles. The van der Waals surface area contributed by atoms with E-state index < -0.39 is 12.1 Å². The number of nitrogens with zero attached hydrogens (tertiary/aromatic N) is 3. The molecule has 130 valence electrons. The van der Waals surface area contributed by atoms with Crippen molar-refractivity contribution in [3.63, 3.8) is 0 Å². The van der Waals surface area contributed by atoms with Crippen molar-refractivity contribution in [1.82, 2.24) is 4.68 Å². The van der Waals surface area contributed by atoms with Crippen LogP contribution in [0.2, 0.25) is 0 Å². The molecular weight excluding hydrogens is 319 g/mol. The summed E-state index contributed by atoms with van der Waals surface area (Å²) in [6.45, 7) is 8.21. The van der Waals surface area contributed by atoms with E-state index >= 15 is 0 Å². The van der Waals surface area contributed by atoms with Crippen LogP contribution in [0.5, 0.6) is 0 Å². The summed E-state index contributed by atoms with van der Waals surface area (Å²) in [5.41, 5.74) is 3.06. The molecule has 0 bridgehead atoms. The van der Waals surface area contributed by atoms with Gasteiger partial charge in [-0.2, -0.15) is 17.7 Å². The van der Waals surface area contributed by atoms with Gasteiger partial charge in [0.25, 0.3) is 6.33 Å². The predicted octanol–water partition coefficient (Wildman–Crippen LogP) is 3.10. The second-order valence-electron chi connectivity index (χ2n) is 6.20. The van der Waals surface area contributed by atoms with Crippen LogP contribution in [0.15, 0.2) is 42.0 Å². The van der Waals surface area contributed by atoms with Gasteiger partial charge >= 0.3 is 6.18 Å². The first-order chi connectivity index (χ1) is 11.1. The fourth-order valence-corrected chi connectivity index (χ4v) is 2.51. The first-order valence-electron chi connectivity index (χ1n) is 7.67. The Kier molecular flexibility index (Phi) is 5.01. The summed E-state index contributed by atoms with van der Waals surface area (Å²) in [7, 11) is 0. The van der Waals surface area contributed by atoms with Gasteiger partial charge in [-0.25, -0.2) is 0 Å². The smallest absolute Gasteiger partial charge is 0.423 e. The van der Waals surface area contributed by atoms with Crippen molar-refractivity contribution in [2.24, 2.45) is 5.10 Å². The van der Waals surface area contributed by atoms with E-state index in [1.807, 2.05) is 18.2 Å². The van der Waals surface area contributed by atoms with Gasteiger partial charge in [-0.05, 0) is 11.8 Å². The van der Waals surface area contributed by atoms with Crippen molar-refractivity contribution in [3.8, 4) is 5.69 Å². The Hall–Kier alpha value is -2.31. The highest BCUT2D eigenvalue weighted by Crippen LogP contribution is 2.27. The van der Waals surface area contributed by atoms with Gasteiger partial charge in [0, 0.05) is 11.1 Å². The lowest BCUT2D eigenvalue weighted by atomic mass is 9.92. The Morgan fingerprint density at radius 1 is 1.12 bits per heavy atom. The summed E-state index contributed by atoms with van der Waals surface area (Å²) in [4.78, 5) is 0. The molecule has 0 radical (unpaired) electrons. The van der Waals surface area contributed by atoms with Gasteiger partial charge in [-0.15, -0.1) is 4.68 Å². The second kappa shape index (κ2) is 6.67. The number of imidazole rings is 1. The maximum atomic E-state index is 12.3. The SMILES string of the molecule is CC(C)c1cccc(C(C)C)c1-[n+]1ccn(/N=C(\[O-])C(F)(F)F)c1. The summed E-state index contributed by atoms with van der Waals surface area (Å²) in [5, 5.41) is 14.1. The van der Waals surface area contributed by atoms with Crippen molar-refractivity contribution in [2.45, 2.75) is 45.7 Å². The monoisotopic (exact) mass is 339 g/mol. The molecule has 0 atom stereocenters. The van der Waals surface area contributed by atoms with Crippen LogP contribution in [-0.2, 0) is 0 Å². The summed E-state index contributed by atoms with van der Waals surface area (Å²) in [6, 6.07) is 5.96. The van der Waals surface area contributed by atoms with E-state index in [2.05, 4.69) is 32.8 Å². The van der Waals surface area contributed by atoms with Gasteiger partial charge in [0.05, 0.1) is 0 Å². The van der Waals surface area contributed by atoms with Gasteiger partial charge < -0.3 is 5.11 Å². The van der Waals surface area contributed by atoms with E-state index in [1.54, 1.807) is 10.8 Å². The molecule has 0 aliphatic carbocycles. The third-order valence-electron chi connectivity index (χ3n) is 3.67. The van der Waals surface area contributed by atoms with E-state index in [9.17, 15) is 18.3 Å². The summed E-state index contributed by atoms with van der Waals surface area (Å²) < 4.78 is 39.6. The van der Waals surface area contributed by atoms with Crippen molar-refractivity contribution in [2.75, 3.05) is 0 Å². The van der Waals surface area contributed by atoms with E-state index in [1.165, 1.54) is 12.5 Å². The van der Waals surface area contributed by atoms with Crippen LogP contribution in [0.25, 0.3) is 5.69 Å². The van der Waals surface area contributed by atoms with Crippen LogP contribution in [0.3, 0.4) is 0 Å². The molecule has 0 aliphatic heterocycles. The van der Waals surface area contributed by atoms with E-state index in [0.717, 1.165) is 21.5 Å². The van der Waals surface area contributed by atoms with Gasteiger partial charge in [0.1, 0.15) is 17.8 Å². The van der Waals surface area contributed by atoms with E-state index in [0.29, 0.717) is 0 Å². The zero-order chi connectivity index (χ0) is 18.1. The molecule has 0 aliphatic rings. The molecule has 7 heteroatoms. The minimum atomic E-state index is -4.98. The number of aromatic nitrogens is 2. The van der Waals surface area contributed by atoms with Crippen LogP contribution in [0.1, 0.15) is 50.7 Å². The molecule has 0 amide bonds. The van der Waals surface area contributed by atoms with Gasteiger partial charge in [0.2, 0.25) is 0 Å². The quantitative estimate of drug-likeness (QED) is 0.480. The summed E-state index contributed by atoms with van der Waals surface area (Å²) in [5.74, 6) is -1.65. The zero-order valence-corrected chi connectivity index (χ0v) is 14.0. The maximum absolute atomic E-state index is 12.3. The zero-order valence-electron chi connectivity index (χ0n) is 14.0. The van der Waals surface area contributed by atoms with E-state index in [-0.39, 0.29) is 11.8 Å². The van der Waals surface area contributed by atoms with Crippen LogP contribution in [-0.4, -0.2) is 16.8 Å².